The highest BCUT2D eigenvalue weighted by Crippen LogP contribution is 2.33. The standard InChI is InChI=1S/C33H32N4O4/c1-22-7-5-8-23(17-22)21-35-31(38)25-13-14-34-30(19-25)28-20-27(37-15-3-2-4-16-37)11-12-29(28)36-32(39)24-9-6-10-26(18-24)33(40)41/h5-14,17-20H,2-4,15-16,21H2,1H3,(H,35,38)(H,36,39)(H,40,41). The third-order valence-electron chi connectivity index (χ3n) is 7.18. The Morgan fingerprint density at radius 2 is 1.59 bits per heavy atom. The second-order valence-corrected chi connectivity index (χ2v) is 10.2. The third-order valence-corrected chi connectivity index (χ3v) is 7.18. The summed E-state index contributed by atoms with van der Waals surface area (Å²) in [6, 6.07) is 23.1. The highest BCUT2D eigenvalue weighted by atomic mass is 16.4. The van der Waals surface area contributed by atoms with Gasteiger partial charge in [0.2, 0.25) is 0 Å². The van der Waals surface area contributed by atoms with E-state index in [9.17, 15) is 19.5 Å². The van der Waals surface area contributed by atoms with Gasteiger partial charge >= 0.3 is 5.97 Å². The van der Waals surface area contributed by atoms with Gasteiger partial charge in [-0.25, -0.2) is 4.79 Å². The van der Waals surface area contributed by atoms with Gasteiger partial charge in [0.25, 0.3) is 11.8 Å². The number of piperidine rings is 1. The Kier molecular flexibility index (Phi) is 8.39. The molecule has 4 aromatic rings. The van der Waals surface area contributed by atoms with Crippen molar-refractivity contribution in [1.29, 1.82) is 0 Å². The molecule has 1 aromatic heterocycles. The Morgan fingerprint density at radius 1 is 0.829 bits per heavy atom. The van der Waals surface area contributed by atoms with E-state index < -0.39 is 11.9 Å². The van der Waals surface area contributed by atoms with Crippen LogP contribution in [0.5, 0.6) is 0 Å². The summed E-state index contributed by atoms with van der Waals surface area (Å²) in [5.41, 5.74) is 5.60. The number of nitrogens with one attached hydrogen (secondary N) is 2. The van der Waals surface area contributed by atoms with E-state index in [1.54, 1.807) is 30.5 Å². The van der Waals surface area contributed by atoms with Crippen LogP contribution in [0.4, 0.5) is 11.4 Å². The Hall–Kier alpha value is -4.98. The van der Waals surface area contributed by atoms with E-state index in [4.69, 9.17) is 0 Å². The van der Waals surface area contributed by atoms with Crippen molar-refractivity contribution in [1.82, 2.24) is 10.3 Å². The first-order chi connectivity index (χ1) is 19.9. The number of pyridine rings is 1. The van der Waals surface area contributed by atoms with Crippen LogP contribution in [-0.4, -0.2) is 41.0 Å². The van der Waals surface area contributed by atoms with Gasteiger partial charge in [-0.1, -0.05) is 35.9 Å². The van der Waals surface area contributed by atoms with Gasteiger partial charge in [-0.05, 0) is 80.3 Å². The Balaban J connectivity index is 1.44. The van der Waals surface area contributed by atoms with Crippen LogP contribution in [-0.2, 0) is 6.54 Å². The normalized spacial score (nSPS) is 13.0. The Bertz CT molecular complexity index is 1590. The maximum atomic E-state index is 13.2. The van der Waals surface area contributed by atoms with Crippen LogP contribution < -0.4 is 15.5 Å². The van der Waals surface area contributed by atoms with Crippen molar-refractivity contribution in [3.63, 3.8) is 0 Å². The first-order valence-corrected chi connectivity index (χ1v) is 13.7. The number of carbonyl (C=O) groups excluding carboxylic acids is 2. The van der Waals surface area contributed by atoms with Gasteiger partial charge < -0.3 is 20.6 Å². The summed E-state index contributed by atoms with van der Waals surface area (Å²) in [4.78, 5) is 44.5. The fourth-order valence-electron chi connectivity index (χ4n) is 5.02. The van der Waals surface area contributed by atoms with E-state index in [-0.39, 0.29) is 17.0 Å². The molecule has 8 heteroatoms. The van der Waals surface area contributed by atoms with Gasteiger partial charge in [-0.2, -0.15) is 0 Å². The summed E-state index contributed by atoms with van der Waals surface area (Å²) in [6.07, 6.45) is 5.02. The molecule has 0 atom stereocenters. The Labute approximate surface area is 239 Å². The quantitative estimate of drug-likeness (QED) is 0.252. The minimum Gasteiger partial charge on any atom is -0.478 e. The predicted molar refractivity (Wildman–Crippen MR) is 159 cm³/mol. The Morgan fingerprint density at radius 3 is 2.37 bits per heavy atom. The second-order valence-electron chi connectivity index (χ2n) is 10.2. The lowest BCUT2D eigenvalue weighted by molar-refractivity contribution is 0.0696. The van der Waals surface area contributed by atoms with Gasteiger partial charge in [-0.3, -0.25) is 14.6 Å². The van der Waals surface area contributed by atoms with Crippen LogP contribution in [0.15, 0.2) is 85.1 Å². The smallest absolute Gasteiger partial charge is 0.335 e. The van der Waals surface area contributed by atoms with Crippen molar-refractivity contribution < 1.29 is 19.5 Å². The average molecular weight is 549 g/mol. The zero-order chi connectivity index (χ0) is 28.8. The molecule has 0 spiro atoms. The lowest BCUT2D eigenvalue weighted by Crippen LogP contribution is -2.29. The number of amides is 2. The van der Waals surface area contributed by atoms with E-state index in [1.165, 1.54) is 18.6 Å². The van der Waals surface area contributed by atoms with Gasteiger partial charge in [0.1, 0.15) is 0 Å². The number of carbonyl (C=O) groups is 3. The largest absolute Gasteiger partial charge is 0.478 e. The predicted octanol–water partition coefficient (Wildman–Crippen LogP) is 5.93. The number of anilines is 2. The van der Waals surface area contributed by atoms with Crippen molar-refractivity contribution in [2.24, 2.45) is 0 Å². The van der Waals surface area contributed by atoms with E-state index in [2.05, 4.69) is 20.5 Å². The summed E-state index contributed by atoms with van der Waals surface area (Å²) in [7, 11) is 0. The number of rotatable bonds is 8. The molecule has 3 N–H and O–H groups in total. The molecule has 1 saturated heterocycles. The van der Waals surface area contributed by atoms with E-state index in [1.807, 2.05) is 49.4 Å². The fourth-order valence-corrected chi connectivity index (χ4v) is 5.02. The van der Waals surface area contributed by atoms with Crippen LogP contribution in [0, 0.1) is 6.92 Å². The molecule has 1 aliphatic rings. The lowest BCUT2D eigenvalue weighted by Gasteiger charge is -2.29. The number of benzene rings is 3. The van der Waals surface area contributed by atoms with Crippen LogP contribution >= 0.6 is 0 Å². The second kappa shape index (κ2) is 12.5. The molecule has 1 aliphatic heterocycles. The topological polar surface area (TPSA) is 112 Å². The molecule has 0 radical (unpaired) electrons. The summed E-state index contributed by atoms with van der Waals surface area (Å²) < 4.78 is 0. The van der Waals surface area contributed by atoms with Crippen molar-refractivity contribution in [2.75, 3.05) is 23.3 Å². The molecule has 41 heavy (non-hydrogen) atoms. The number of carboxylic acids is 1. The minimum atomic E-state index is -1.10. The first-order valence-electron chi connectivity index (χ1n) is 13.7. The lowest BCUT2D eigenvalue weighted by atomic mass is 10.0. The summed E-state index contributed by atoms with van der Waals surface area (Å²) in [5.74, 6) is -1.77. The zero-order valence-electron chi connectivity index (χ0n) is 22.9. The third kappa shape index (κ3) is 6.78. The molecule has 1 fully saturated rings. The summed E-state index contributed by atoms with van der Waals surface area (Å²) >= 11 is 0. The number of aromatic nitrogens is 1. The number of hydrogen-bond donors (Lipinski definition) is 3. The van der Waals surface area contributed by atoms with Crippen molar-refractivity contribution in [3.8, 4) is 11.3 Å². The van der Waals surface area contributed by atoms with E-state index in [0.717, 1.165) is 42.7 Å². The molecule has 208 valence electrons. The van der Waals surface area contributed by atoms with Gasteiger partial charge in [-0.15, -0.1) is 0 Å². The number of carboxylic acid groups (broad SMARTS) is 1. The fraction of sp³-hybridized carbons (Fsp3) is 0.212. The molecule has 0 aliphatic carbocycles. The van der Waals surface area contributed by atoms with Crippen molar-refractivity contribution >= 4 is 29.2 Å². The SMILES string of the molecule is Cc1cccc(CNC(=O)c2ccnc(-c3cc(N4CCCCC4)ccc3NC(=O)c3cccc(C(=O)O)c3)c2)c1. The number of aromatic carboxylic acids is 1. The van der Waals surface area contributed by atoms with Gasteiger partial charge in [0.15, 0.2) is 0 Å². The molecular weight excluding hydrogens is 516 g/mol. The first kappa shape index (κ1) is 27.6. The maximum absolute atomic E-state index is 13.2. The molecule has 5 rings (SSSR count). The molecule has 2 amide bonds. The average Bonchev–Trinajstić information content (AvgIpc) is 3.00. The molecule has 0 saturated carbocycles. The molecule has 3 aromatic carbocycles. The van der Waals surface area contributed by atoms with Gasteiger partial charge in [0.05, 0.1) is 16.9 Å². The molecule has 0 bridgehead atoms. The number of hydrogen-bond acceptors (Lipinski definition) is 5. The van der Waals surface area contributed by atoms with Crippen LogP contribution in [0.25, 0.3) is 11.3 Å². The molecule has 0 unspecified atom stereocenters. The molecule has 8 nitrogen and oxygen atoms in total. The van der Waals surface area contributed by atoms with Crippen LogP contribution in [0.1, 0.15) is 61.5 Å². The van der Waals surface area contributed by atoms with Crippen LogP contribution in [0.2, 0.25) is 0 Å². The van der Waals surface area contributed by atoms with E-state index >= 15 is 0 Å². The van der Waals surface area contributed by atoms with Gasteiger partial charge in [0, 0.05) is 48.2 Å². The minimum absolute atomic E-state index is 0.0318. The number of aryl methyl sites for hydroxylation is 1. The monoisotopic (exact) mass is 548 g/mol. The number of nitrogens with zero attached hydrogens (tertiary/aromatic N) is 2. The van der Waals surface area contributed by atoms with Crippen molar-refractivity contribution in [2.45, 2.75) is 32.7 Å². The molecule has 2 heterocycles. The van der Waals surface area contributed by atoms with Crippen molar-refractivity contribution in [3.05, 3.63) is 113 Å². The maximum Gasteiger partial charge on any atom is 0.335 e. The molecular formula is C33H32N4O4. The summed E-state index contributed by atoms with van der Waals surface area (Å²) in [5, 5.41) is 15.2. The van der Waals surface area contributed by atoms with Crippen LogP contribution in [0.3, 0.4) is 0 Å². The highest BCUT2D eigenvalue weighted by molar-refractivity contribution is 6.07. The van der Waals surface area contributed by atoms with E-state index in [0.29, 0.717) is 29.1 Å². The zero-order valence-corrected chi connectivity index (χ0v) is 22.9. The highest BCUT2D eigenvalue weighted by Gasteiger charge is 2.18. The summed E-state index contributed by atoms with van der Waals surface area (Å²) in [6.45, 7) is 4.31.